The molecule has 0 heterocycles. The van der Waals surface area contributed by atoms with Crippen LogP contribution in [0.5, 0.6) is 0 Å². The lowest BCUT2D eigenvalue weighted by Crippen LogP contribution is -2.02. The topological polar surface area (TPSA) is 0 Å². The summed E-state index contributed by atoms with van der Waals surface area (Å²) in [6.07, 6.45) is 4.17. The molecule has 0 spiro atoms. The molecule has 1 aliphatic carbocycles. The van der Waals surface area contributed by atoms with Crippen LogP contribution in [0.2, 0.25) is 0 Å². The zero-order valence-electron chi connectivity index (χ0n) is 5.90. The molecule has 0 amide bonds. The minimum atomic E-state index is -0.696. The average Bonchev–Trinajstić information content (AvgIpc) is 1.95. The molecule has 0 N–H and O–H groups in total. The summed E-state index contributed by atoms with van der Waals surface area (Å²) in [6.45, 7) is 1.86. The Morgan fingerprint density at radius 3 is 2.80 bits per heavy atom. The molecule has 0 saturated heterocycles. The molecular weight excluding hydrogens is 134 g/mol. The molecular formula is C8H10F2. The van der Waals surface area contributed by atoms with Gasteiger partial charge in [0.25, 0.3) is 0 Å². The Morgan fingerprint density at radius 1 is 1.60 bits per heavy atom. The molecule has 0 saturated carbocycles. The monoisotopic (exact) mass is 144 g/mol. The molecule has 56 valence electrons. The van der Waals surface area contributed by atoms with Crippen molar-refractivity contribution >= 4 is 0 Å². The minimum absolute atomic E-state index is 0.218. The largest absolute Gasteiger partial charge is 0.208 e. The SMILES string of the molecule is CCC1CC=CC(F)=C1F. The molecule has 0 aromatic carbocycles. The van der Waals surface area contributed by atoms with Crippen LogP contribution in [0, 0.1) is 5.92 Å². The summed E-state index contributed by atoms with van der Waals surface area (Å²) in [7, 11) is 0. The van der Waals surface area contributed by atoms with Crippen molar-refractivity contribution in [2.75, 3.05) is 0 Å². The predicted molar refractivity (Wildman–Crippen MR) is 36.8 cm³/mol. The van der Waals surface area contributed by atoms with E-state index in [1.807, 2.05) is 6.92 Å². The lowest BCUT2D eigenvalue weighted by Gasteiger charge is -2.13. The Kier molecular flexibility index (Phi) is 2.20. The van der Waals surface area contributed by atoms with Crippen LogP contribution < -0.4 is 0 Å². The van der Waals surface area contributed by atoms with Crippen molar-refractivity contribution in [3.05, 3.63) is 23.8 Å². The van der Waals surface area contributed by atoms with Crippen molar-refractivity contribution in [2.24, 2.45) is 5.92 Å². The number of hydrogen-bond donors (Lipinski definition) is 0. The van der Waals surface area contributed by atoms with Crippen molar-refractivity contribution in [2.45, 2.75) is 19.8 Å². The van der Waals surface area contributed by atoms with Crippen LogP contribution in [0.1, 0.15) is 19.8 Å². The first-order valence-electron chi connectivity index (χ1n) is 3.47. The highest BCUT2D eigenvalue weighted by molar-refractivity contribution is 5.21. The zero-order valence-corrected chi connectivity index (χ0v) is 5.90. The van der Waals surface area contributed by atoms with E-state index in [0.29, 0.717) is 12.8 Å². The molecule has 2 heteroatoms. The first-order valence-corrected chi connectivity index (χ1v) is 3.47. The predicted octanol–water partition coefficient (Wildman–Crippen LogP) is 3.12. The lowest BCUT2D eigenvalue weighted by atomic mass is 9.96. The van der Waals surface area contributed by atoms with E-state index in [0.717, 1.165) is 0 Å². The summed E-state index contributed by atoms with van der Waals surface area (Å²) < 4.78 is 25.1. The molecule has 0 aromatic heterocycles. The molecule has 0 bridgehead atoms. The van der Waals surface area contributed by atoms with E-state index in [2.05, 4.69) is 0 Å². The minimum Gasteiger partial charge on any atom is -0.208 e. The lowest BCUT2D eigenvalue weighted by molar-refractivity contribution is 0.416. The summed E-state index contributed by atoms with van der Waals surface area (Å²) in [5, 5.41) is 0. The van der Waals surface area contributed by atoms with Gasteiger partial charge < -0.3 is 0 Å². The van der Waals surface area contributed by atoms with Crippen LogP contribution in [0.15, 0.2) is 23.8 Å². The van der Waals surface area contributed by atoms with Gasteiger partial charge in [0.05, 0.1) is 0 Å². The zero-order chi connectivity index (χ0) is 7.56. The van der Waals surface area contributed by atoms with Gasteiger partial charge in [-0.3, -0.25) is 0 Å². The fourth-order valence-electron chi connectivity index (χ4n) is 1.06. The summed E-state index contributed by atoms with van der Waals surface area (Å²) in [4.78, 5) is 0. The average molecular weight is 144 g/mol. The van der Waals surface area contributed by atoms with Gasteiger partial charge in [-0.2, -0.15) is 0 Å². The van der Waals surface area contributed by atoms with E-state index >= 15 is 0 Å². The van der Waals surface area contributed by atoms with E-state index in [9.17, 15) is 8.78 Å². The van der Waals surface area contributed by atoms with Gasteiger partial charge >= 0.3 is 0 Å². The second-order valence-corrected chi connectivity index (χ2v) is 2.44. The van der Waals surface area contributed by atoms with Gasteiger partial charge in [-0.25, -0.2) is 8.78 Å². The highest BCUT2D eigenvalue weighted by atomic mass is 19.2. The van der Waals surface area contributed by atoms with Crippen LogP contribution >= 0.6 is 0 Å². The molecule has 0 fully saturated rings. The van der Waals surface area contributed by atoms with Gasteiger partial charge in [0.2, 0.25) is 0 Å². The standard InChI is InChI=1S/C8H10F2/c1-2-6-4-3-5-7(9)8(6)10/h3,5-6H,2,4H2,1H3. The second kappa shape index (κ2) is 2.95. The fourth-order valence-corrected chi connectivity index (χ4v) is 1.06. The van der Waals surface area contributed by atoms with Gasteiger partial charge in [-0.1, -0.05) is 13.0 Å². The Bertz CT molecular complexity index is 180. The number of allylic oxidation sites excluding steroid dienone is 4. The van der Waals surface area contributed by atoms with Gasteiger partial charge in [-0.15, -0.1) is 0 Å². The van der Waals surface area contributed by atoms with Crippen molar-refractivity contribution in [3.8, 4) is 0 Å². The van der Waals surface area contributed by atoms with Gasteiger partial charge in [-0.05, 0) is 18.9 Å². The molecule has 1 rings (SSSR count). The van der Waals surface area contributed by atoms with Crippen molar-refractivity contribution in [1.29, 1.82) is 0 Å². The van der Waals surface area contributed by atoms with Gasteiger partial charge in [0.15, 0.2) is 5.83 Å². The third-order valence-electron chi connectivity index (χ3n) is 1.76. The van der Waals surface area contributed by atoms with Crippen LogP contribution in [-0.2, 0) is 0 Å². The second-order valence-electron chi connectivity index (χ2n) is 2.44. The highest BCUT2D eigenvalue weighted by Crippen LogP contribution is 2.29. The molecule has 0 aliphatic heterocycles. The number of hydrogen-bond acceptors (Lipinski definition) is 0. The van der Waals surface area contributed by atoms with Crippen molar-refractivity contribution in [1.82, 2.24) is 0 Å². The highest BCUT2D eigenvalue weighted by Gasteiger charge is 2.17. The third kappa shape index (κ3) is 1.25. The fraction of sp³-hybridized carbons (Fsp3) is 0.500. The number of rotatable bonds is 1. The Hall–Kier alpha value is -0.660. The summed E-state index contributed by atoms with van der Waals surface area (Å²) in [6, 6.07) is 0. The normalized spacial score (nSPS) is 25.7. The maximum absolute atomic E-state index is 12.7. The Balaban J connectivity index is 2.77. The quantitative estimate of drug-likeness (QED) is 0.530. The van der Waals surface area contributed by atoms with E-state index in [1.165, 1.54) is 6.08 Å². The van der Waals surface area contributed by atoms with E-state index in [4.69, 9.17) is 0 Å². The molecule has 0 radical (unpaired) electrons. The van der Waals surface area contributed by atoms with Crippen molar-refractivity contribution in [3.63, 3.8) is 0 Å². The smallest absolute Gasteiger partial charge is 0.154 e. The van der Waals surface area contributed by atoms with Crippen LogP contribution in [0.3, 0.4) is 0 Å². The third-order valence-corrected chi connectivity index (χ3v) is 1.76. The molecule has 1 atom stereocenters. The molecule has 1 unspecified atom stereocenters. The Labute approximate surface area is 59.2 Å². The van der Waals surface area contributed by atoms with Gasteiger partial charge in [0, 0.05) is 5.92 Å². The summed E-state index contributed by atoms with van der Waals surface area (Å²) in [5.41, 5.74) is 0. The van der Waals surface area contributed by atoms with Crippen LogP contribution in [0.4, 0.5) is 8.78 Å². The van der Waals surface area contributed by atoms with Crippen LogP contribution in [-0.4, -0.2) is 0 Å². The molecule has 10 heavy (non-hydrogen) atoms. The molecule has 0 aromatic rings. The molecule has 0 nitrogen and oxygen atoms in total. The maximum atomic E-state index is 12.7. The van der Waals surface area contributed by atoms with Crippen molar-refractivity contribution < 1.29 is 8.78 Å². The number of halogens is 2. The van der Waals surface area contributed by atoms with E-state index in [1.54, 1.807) is 6.08 Å². The van der Waals surface area contributed by atoms with E-state index in [-0.39, 0.29) is 5.92 Å². The summed E-state index contributed by atoms with van der Waals surface area (Å²) >= 11 is 0. The summed E-state index contributed by atoms with van der Waals surface area (Å²) in [5.74, 6) is -1.49. The maximum Gasteiger partial charge on any atom is 0.154 e. The van der Waals surface area contributed by atoms with Crippen LogP contribution in [0.25, 0.3) is 0 Å². The Morgan fingerprint density at radius 2 is 2.30 bits per heavy atom. The van der Waals surface area contributed by atoms with Gasteiger partial charge in [0.1, 0.15) is 5.83 Å². The first-order chi connectivity index (χ1) is 4.75. The van der Waals surface area contributed by atoms with E-state index < -0.39 is 11.7 Å². The molecule has 1 aliphatic rings. The first kappa shape index (κ1) is 7.45.